The van der Waals surface area contributed by atoms with Crippen LogP contribution in [-0.4, -0.2) is 26.0 Å². The number of aryl methyl sites for hydroxylation is 2. The van der Waals surface area contributed by atoms with E-state index in [9.17, 15) is 13.2 Å². The Kier molecular flexibility index (Phi) is 5.91. The van der Waals surface area contributed by atoms with Gasteiger partial charge in [-0.3, -0.25) is 4.79 Å². The van der Waals surface area contributed by atoms with E-state index in [0.717, 1.165) is 5.56 Å². The van der Waals surface area contributed by atoms with Gasteiger partial charge in [0.25, 0.3) is 0 Å². The van der Waals surface area contributed by atoms with Crippen molar-refractivity contribution in [2.75, 3.05) is 11.4 Å². The van der Waals surface area contributed by atoms with Crippen LogP contribution in [0, 0.1) is 13.8 Å². The monoisotopic (exact) mass is 399 g/mol. The molecule has 0 saturated heterocycles. The van der Waals surface area contributed by atoms with Gasteiger partial charge in [-0.1, -0.05) is 53.7 Å². The molecule has 2 aromatic carbocycles. The fourth-order valence-electron chi connectivity index (χ4n) is 2.88. The Morgan fingerprint density at radius 1 is 1.04 bits per heavy atom. The van der Waals surface area contributed by atoms with Crippen LogP contribution in [0.4, 0.5) is 5.69 Å². The Labute approximate surface area is 164 Å². The van der Waals surface area contributed by atoms with Gasteiger partial charge in [0, 0.05) is 5.69 Å². The summed E-state index contributed by atoms with van der Waals surface area (Å²) in [5.74, 6) is -0.188. The Balaban J connectivity index is 1.80. The van der Waals surface area contributed by atoms with Crippen LogP contribution < -0.4 is 9.62 Å². The van der Waals surface area contributed by atoms with E-state index in [1.807, 2.05) is 60.7 Å². The molecule has 3 rings (SSSR count). The summed E-state index contributed by atoms with van der Waals surface area (Å²) in [5.41, 5.74) is 1.88. The first-order valence-electron chi connectivity index (χ1n) is 8.70. The van der Waals surface area contributed by atoms with Crippen LogP contribution in [0.3, 0.4) is 0 Å². The molecule has 0 radical (unpaired) electrons. The first-order valence-corrected chi connectivity index (χ1v) is 10.2. The van der Waals surface area contributed by atoms with Crippen LogP contribution >= 0.6 is 0 Å². The van der Waals surface area contributed by atoms with Gasteiger partial charge in [-0.2, -0.15) is 0 Å². The summed E-state index contributed by atoms with van der Waals surface area (Å²) < 4.78 is 32.4. The number of para-hydroxylation sites is 1. The van der Waals surface area contributed by atoms with E-state index in [1.54, 1.807) is 11.8 Å². The molecule has 1 N–H and O–H groups in total. The van der Waals surface area contributed by atoms with Crippen molar-refractivity contribution in [2.24, 2.45) is 0 Å². The number of anilines is 1. The van der Waals surface area contributed by atoms with Gasteiger partial charge in [-0.25, -0.2) is 13.1 Å². The molecule has 0 bridgehead atoms. The van der Waals surface area contributed by atoms with E-state index < -0.39 is 10.0 Å². The van der Waals surface area contributed by atoms with Crippen molar-refractivity contribution < 1.29 is 17.7 Å². The average Bonchev–Trinajstić information content (AvgIpc) is 3.05. The number of nitrogens with zero attached hydrogens (tertiary/aromatic N) is 2. The third kappa shape index (κ3) is 4.47. The number of sulfonamides is 1. The third-order valence-corrected chi connectivity index (χ3v) is 5.85. The minimum atomic E-state index is -3.92. The zero-order valence-electron chi connectivity index (χ0n) is 15.6. The van der Waals surface area contributed by atoms with Crippen molar-refractivity contribution in [3.05, 3.63) is 77.7 Å². The molecule has 146 valence electrons. The van der Waals surface area contributed by atoms with Crippen LogP contribution in [0.5, 0.6) is 0 Å². The number of carbonyl (C=O) groups excluding carboxylic acids is 1. The van der Waals surface area contributed by atoms with Gasteiger partial charge < -0.3 is 9.42 Å². The molecule has 1 heterocycles. The maximum Gasteiger partial charge on any atom is 0.246 e. The van der Waals surface area contributed by atoms with E-state index in [2.05, 4.69) is 9.88 Å². The molecule has 0 unspecified atom stereocenters. The highest BCUT2D eigenvalue weighted by Crippen LogP contribution is 2.20. The van der Waals surface area contributed by atoms with E-state index >= 15 is 0 Å². The summed E-state index contributed by atoms with van der Waals surface area (Å²) in [6.07, 6.45) is 0. The summed E-state index contributed by atoms with van der Waals surface area (Å²) in [6.45, 7) is 3.01. The van der Waals surface area contributed by atoms with Gasteiger partial charge in [0.15, 0.2) is 5.76 Å². The lowest BCUT2D eigenvalue weighted by molar-refractivity contribution is -0.117. The molecule has 0 aliphatic carbocycles. The van der Waals surface area contributed by atoms with Crippen molar-refractivity contribution in [3.8, 4) is 0 Å². The summed E-state index contributed by atoms with van der Waals surface area (Å²) >= 11 is 0. The maximum atomic E-state index is 12.9. The number of benzene rings is 2. The number of rotatable bonds is 7. The molecular weight excluding hydrogens is 378 g/mol. The van der Waals surface area contributed by atoms with Crippen molar-refractivity contribution in [3.63, 3.8) is 0 Å². The van der Waals surface area contributed by atoms with E-state index in [4.69, 9.17) is 4.52 Å². The van der Waals surface area contributed by atoms with Crippen LogP contribution in [-0.2, 0) is 21.4 Å². The van der Waals surface area contributed by atoms with Gasteiger partial charge in [0.2, 0.25) is 15.9 Å². The third-order valence-electron chi connectivity index (χ3n) is 4.20. The number of hydrogen-bond acceptors (Lipinski definition) is 5. The topological polar surface area (TPSA) is 92.5 Å². The van der Waals surface area contributed by atoms with Gasteiger partial charge in [-0.15, -0.1) is 0 Å². The van der Waals surface area contributed by atoms with Crippen LogP contribution in [0.1, 0.15) is 17.0 Å². The number of aromatic nitrogens is 1. The van der Waals surface area contributed by atoms with Crippen molar-refractivity contribution >= 4 is 21.6 Å². The lowest BCUT2D eigenvalue weighted by atomic mass is 10.2. The second kappa shape index (κ2) is 8.37. The van der Waals surface area contributed by atoms with Gasteiger partial charge >= 0.3 is 0 Å². The number of hydrogen-bond donors (Lipinski definition) is 1. The minimum absolute atomic E-state index is 0.0328. The van der Waals surface area contributed by atoms with E-state index in [1.165, 1.54) is 6.92 Å². The Morgan fingerprint density at radius 3 is 2.21 bits per heavy atom. The number of carbonyl (C=O) groups is 1. The van der Waals surface area contributed by atoms with Crippen molar-refractivity contribution in [2.45, 2.75) is 25.3 Å². The van der Waals surface area contributed by atoms with E-state index in [0.29, 0.717) is 12.2 Å². The zero-order chi connectivity index (χ0) is 20.1. The molecule has 0 spiro atoms. The summed E-state index contributed by atoms with van der Waals surface area (Å²) in [7, 11) is -3.92. The molecule has 0 aliphatic rings. The largest absolute Gasteiger partial charge is 0.360 e. The Bertz CT molecular complexity index is 1030. The zero-order valence-corrected chi connectivity index (χ0v) is 16.4. The molecule has 28 heavy (non-hydrogen) atoms. The molecule has 8 heteroatoms. The van der Waals surface area contributed by atoms with Crippen LogP contribution in [0.25, 0.3) is 0 Å². The highest BCUT2D eigenvalue weighted by Gasteiger charge is 2.26. The molecule has 1 aromatic heterocycles. The van der Waals surface area contributed by atoms with Gasteiger partial charge in [-0.05, 0) is 31.5 Å². The van der Waals surface area contributed by atoms with Gasteiger partial charge in [0.1, 0.15) is 10.6 Å². The number of nitrogens with one attached hydrogen (secondary N) is 1. The first kappa shape index (κ1) is 19.8. The molecule has 0 fully saturated rings. The molecule has 0 atom stereocenters. The summed E-state index contributed by atoms with van der Waals surface area (Å²) in [6, 6.07) is 18.6. The first-order chi connectivity index (χ1) is 13.4. The number of amides is 1. The minimum Gasteiger partial charge on any atom is -0.360 e. The fraction of sp³-hybridized carbons (Fsp3) is 0.200. The van der Waals surface area contributed by atoms with Crippen LogP contribution in [0.15, 0.2) is 70.1 Å². The van der Waals surface area contributed by atoms with E-state index in [-0.39, 0.29) is 28.8 Å². The van der Waals surface area contributed by atoms with Gasteiger partial charge in [0.05, 0.1) is 13.1 Å². The predicted octanol–water partition coefficient (Wildman–Crippen LogP) is 2.80. The second-order valence-electron chi connectivity index (χ2n) is 6.28. The maximum absolute atomic E-state index is 12.9. The fourth-order valence-corrected chi connectivity index (χ4v) is 4.18. The molecular formula is C20H21N3O4S. The highest BCUT2D eigenvalue weighted by atomic mass is 32.2. The molecule has 0 aliphatic heterocycles. The standard InChI is InChI=1S/C20H21N3O4S/c1-15-20(16(2)27-22-15)28(25,26)21-13-19(24)23(18-11-7-4-8-12-18)14-17-9-5-3-6-10-17/h3-12,21H,13-14H2,1-2H3. The SMILES string of the molecule is Cc1noc(C)c1S(=O)(=O)NCC(=O)N(Cc1ccccc1)c1ccccc1. The smallest absolute Gasteiger partial charge is 0.246 e. The predicted molar refractivity (Wildman–Crippen MR) is 105 cm³/mol. The van der Waals surface area contributed by atoms with Crippen molar-refractivity contribution in [1.29, 1.82) is 0 Å². The lowest BCUT2D eigenvalue weighted by Crippen LogP contribution is -2.40. The Hall–Kier alpha value is -2.97. The quantitative estimate of drug-likeness (QED) is 0.659. The molecule has 0 saturated carbocycles. The second-order valence-corrected chi connectivity index (χ2v) is 7.98. The Morgan fingerprint density at radius 2 is 1.64 bits per heavy atom. The summed E-state index contributed by atoms with van der Waals surface area (Å²) in [4.78, 5) is 14.4. The molecule has 7 nitrogen and oxygen atoms in total. The normalized spacial score (nSPS) is 11.4. The molecule has 1 amide bonds. The average molecular weight is 399 g/mol. The van der Waals surface area contributed by atoms with Crippen molar-refractivity contribution in [1.82, 2.24) is 9.88 Å². The lowest BCUT2D eigenvalue weighted by Gasteiger charge is -2.23. The summed E-state index contributed by atoms with van der Waals surface area (Å²) in [5, 5.41) is 3.66. The highest BCUT2D eigenvalue weighted by molar-refractivity contribution is 7.89. The molecule has 3 aromatic rings. The van der Waals surface area contributed by atoms with Crippen LogP contribution in [0.2, 0.25) is 0 Å².